The average Bonchev–Trinajstić information content (AvgIpc) is 2.96. The van der Waals surface area contributed by atoms with Crippen LogP contribution in [0, 0.1) is 0 Å². The molecule has 1 fully saturated rings. The molecule has 1 aromatic heterocycles. The van der Waals surface area contributed by atoms with Gasteiger partial charge in [-0.25, -0.2) is 0 Å². The Morgan fingerprint density at radius 1 is 1.35 bits per heavy atom. The van der Waals surface area contributed by atoms with Crippen molar-refractivity contribution in [1.29, 1.82) is 0 Å². The molecule has 7 nitrogen and oxygen atoms in total. The highest BCUT2D eigenvalue weighted by molar-refractivity contribution is 5.28. The summed E-state index contributed by atoms with van der Waals surface area (Å²) >= 11 is 0. The number of hydrogen-bond acceptors (Lipinski definition) is 6. The van der Waals surface area contributed by atoms with Crippen LogP contribution in [-0.2, 0) is 17.6 Å². The van der Waals surface area contributed by atoms with Gasteiger partial charge in [-0.15, -0.1) is 0 Å². The molecule has 0 aromatic carbocycles. The number of hydrogen-bond donors (Lipinski definition) is 2. The molecule has 0 amide bonds. The van der Waals surface area contributed by atoms with Crippen molar-refractivity contribution in [2.45, 2.75) is 50.2 Å². The van der Waals surface area contributed by atoms with Crippen molar-refractivity contribution < 1.29 is 19.7 Å². The first kappa shape index (κ1) is 12.3. The zero-order valence-electron chi connectivity index (χ0n) is 10.9. The van der Waals surface area contributed by atoms with Crippen molar-refractivity contribution in [2.75, 3.05) is 6.61 Å². The molecule has 1 aliphatic carbocycles. The molecule has 1 saturated heterocycles. The van der Waals surface area contributed by atoms with Crippen LogP contribution in [0.5, 0.6) is 6.01 Å². The van der Waals surface area contributed by atoms with E-state index in [2.05, 4.69) is 4.98 Å². The Morgan fingerprint density at radius 2 is 2.15 bits per heavy atom. The first-order chi connectivity index (χ1) is 9.70. The first-order valence-electron chi connectivity index (χ1n) is 6.96. The summed E-state index contributed by atoms with van der Waals surface area (Å²) in [5, 5.41) is 19.5. The van der Waals surface area contributed by atoms with Gasteiger partial charge in [0, 0.05) is 11.3 Å². The zero-order chi connectivity index (χ0) is 13.9. The van der Waals surface area contributed by atoms with Crippen molar-refractivity contribution in [3.8, 4) is 6.01 Å². The zero-order valence-corrected chi connectivity index (χ0v) is 10.9. The van der Waals surface area contributed by atoms with Crippen LogP contribution in [0.3, 0.4) is 0 Å². The molecule has 4 atom stereocenters. The lowest BCUT2D eigenvalue weighted by molar-refractivity contribution is -0.0912. The standard InChI is InChI=1S/C13H16N2O5/c16-5-8-10(17)9-12(19-8)20-13-14-11(18)6-3-1-2-4-7(6)15(9)13/h8-10,12,16-17H,1-5H2/t8-,9+,10-,12+/m1/s1. The van der Waals surface area contributed by atoms with Crippen LogP contribution in [-0.4, -0.2) is 44.9 Å². The third-order valence-corrected chi connectivity index (χ3v) is 4.41. The predicted octanol–water partition coefficient (Wildman–Crippen LogP) is -0.866. The number of aromatic nitrogens is 2. The van der Waals surface area contributed by atoms with E-state index in [-0.39, 0.29) is 18.2 Å². The quantitative estimate of drug-likeness (QED) is 0.695. The van der Waals surface area contributed by atoms with E-state index in [0.29, 0.717) is 0 Å². The summed E-state index contributed by atoms with van der Waals surface area (Å²) in [7, 11) is 0. The summed E-state index contributed by atoms with van der Waals surface area (Å²) in [6.45, 7) is -0.261. The Labute approximate surface area is 114 Å². The highest BCUT2D eigenvalue weighted by Gasteiger charge is 2.52. The van der Waals surface area contributed by atoms with E-state index < -0.39 is 24.5 Å². The largest absolute Gasteiger partial charge is 0.432 e. The van der Waals surface area contributed by atoms with Crippen molar-refractivity contribution in [2.24, 2.45) is 0 Å². The summed E-state index contributed by atoms with van der Waals surface area (Å²) in [4.78, 5) is 16.0. The smallest absolute Gasteiger partial charge is 0.302 e. The van der Waals surface area contributed by atoms with Crippen molar-refractivity contribution in [3.05, 3.63) is 21.6 Å². The molecule has 0 bridgehead atoms. The van der Waals surface area contributed by atoms with Gasteiger partial charge in [-0.2, -0.15) is 4.98 Å². The summed E-state index contributed by atoms with van der Waals surface area (Å²) < 4.78 is 12.8. The van der Waals surface area contributed by atoms with Crippen LogP contribution in [0.15, 0.2) is 4.79 Å². The van der Waals surface area contributed by atoms with Gasteiger partial charge in [0.15, 0.2) is 0 Å². The normalized spacial score (nSPS) is 34.3. The molecule has 20 heavy (non-hydrogen) atoms. The van der Waals surface area contributed by atoms with Gasteiger partial charge < -0.3 is 19.7 Å². The van der Waals surface area contributed by atoms with Crippen molar-refractivity contribution in [3.63, 3.8) is 0 Å². The van der Waals surface area contributed by atoms with Crippen LogP contribution in [0.2, 0.25) is 0 Å². The maximum Gasteiger partial charge on any atom is 0.302 e. The predicted molar refractivity (Wildman–Crippen MR) is 66.6 cm³/mol. The van der Waals surface area contributed by atoms with E-state index in [1.165, 1.54) is 0 Å². The number of nitrogens with zero attached hydrogens (tertiary/aromatic N) is 2. The number of rotatable bonds is 1. The third-order valence-electron chi connectivity index (χ3n) is 4.41. The number of fused-ring (bicyclic) bond motifs is 5. The second kappa shape index (κ2) is 4.28. The average molecular weight is 280 g/mol. The maximum absolute atomic E-state index is 12.0. The molecule has 1 aromatic rings. The van der Waals surface area contributed by atoms with E-state index in [1.807, 2.05) is 0 Å². The van der Waals surface area contributed by atoms with E-state index in [1.54, 1.807) is 4.57 Å². The summed E-state index contributed by atoms with van der Waals surface area (Å²) in [6, 6.07) is -0.205. The van der Waals surface area contributed by atoms with Gasteiger partial charge >= 0.3 is 6.01 Å². The minimum atomic E-state index is -0.860. The Balaban J connectivity index is 1.86. The Bertz CT molecular complexity index is 614. The van der Waals surface area contributed by atoms with Gasteiger partial charge in [-0.05, 0) is 25.7 Å². The number of aliphatic hydroxyl groups excluding tert-OH is 2. The summed E-state index contributed by atoms with van der Waals surface area (Å²) in [5.74, 6) is 0. The Morgan fingerprint density at radius 3 is 2.95 bits per heavy atom. The van der Waals surface area contributed by atoms with Gasteiger partial charge in [0.1, 0.15) is 18.2 Å². The molecule has 7 heteroatoms. The van der Waals surface area contributed by atoms with Crippen LogP contribution in [0.25, 0.3) is 0 Å². The molecule has 4 rings (SSSR count). The molecule has 0 unspecified atom stereocenters. The Hall–Kier alpha value is -1.44. The van der Waals surface area contributed by atoms with Crippen LogP contribution >= 0.6 is 0 Å². The molecule has 2 N–H and O–H groups in total. The second-order valence-electron chi connectivity index (χ2n) is 5.53. The van der Waals surface area contributed by atoms with E-state index in [9.17, 15) is 15.0 Å². The summed E-state index contributed by atoms with van der Waals surface area (Å²) in [6.07, 6.45) is 1.30. The molecule has 0 radical (unpaired) electrons. The monoisotopic (exact) mass is 280 g/mol. The van der Waals surface area contributed by atoms with E-state index in [4.69, 9.17) is 9.47 Å². The minimum absolute atomic E-state index is 0.223. The lowest BCUT2D eigenvalue weighted by Gasteiger charge is -2.23. The van der Waals surface area contributed by atoms with Crippen molar-refractivity contribution >= 4 is 0 Å². The fourth-order valence-electron chi connectivity index (χ4n) is 3.44. The topological polar surface area (TPSA) is 93.8 Å². The third kappa shape index (κ3) is 1.51. The van der Waals surface area contributed by atoms with Crippen LogP contribution < -0.4 is 10.3 Å². The second-order valence-corrected chi connectivity index (χ2v) is 5.53. The SMILES string of the molecule is O=c1nc2n(c3c1CCCC3)[C@@H]1[C@H](O2)O[C@H](CO)[C@H]1O. The molecule has 0 spiro atoms. The van der Waals surface area contributed by atoms with Gasteiger partial charge in [0.05, 0.1) is 6.61 Å². The van der Waals surface area contributed by atoms with Crippen molar-refractivity contribution in [1.82, 2.24) is 9.55 Å². The fourth-order valence-corrected chi connectivity index (χ4v) is 3.44. The molecule has 3 aliphatic rings. The fraction of sp³-hybridized carbons (Fsp3) is 0.692. The van der Waals surface area contributed by atoms with Gasteiger partial charge in [0.2, 0.25) is 6.29 Å². The molecular weight excluding hydrogens is 264 g/mol. The lowest BCUT2D eigenvalue weighted by atomic mass is 9.96. The number of aliphatic hydroxyl groups is 2. The number of ether oxygens (including phenoxy) is 2. The molecule has 2 aliphatic heterocycles. The first-order valence-corrected chi connectivity index (χ1v) is 6.96. The highest BCUT2D eigenvalue weighted by atomic mass is 16.7. The molecule has 3 heterocycles. The Kier molecular flexibility index (Phi) is 2.63. The van der Waals surface area contributed by atoms with Crippen LogP contribution in [0.4, 0.5) is 0 Å². The maximum atomic E-state index is 12.0. The molecular formula is C13H16N2O5. The lowest BCUT2D eigenvalue weighted by Crippen LogP contribution is -2.33. The van der Waals surface area contributed by atoms with Gasteiger partial charge in [0.25, 0.3) is 5.56 Å². The van der Waals surface area contributed by atoms with Gasteiger partial charge in [-0.1, -0.05) is 0 Å². The van der Waals surface area contributed by atoms with Crippen LogP contribution in [0.1, 0.15) is 30.1 Å². The molecule has 108 valence electrons. The summed E-state index contributed by atoms with van der Waals surface area (Å²) in [5.41, 5.74) is 1.39. The van der Waals surface area contributed by atoms with E-state index >= 15 is 0 Å². The van der Waals surface area contributed by atoms with E-state index in [0.717, 1.165) is 36.9 Å². The van der Waals surface area contributed by atoms with Gasteiger partial charge in [-0.3, -0.25) is 9.36 Å². The highest BCUT2D eigenvalue weighted by Crippen LogP contribution is 2.41. The molecule has 0 saturated carbocycles. The minimum Gasteiger partial charge on any atom is -0.432 e.